The van der Waals surface area contributed by atoms with E-state index in [1.807, 2.05) is 0 Å². The number of anilines is 1. The van der Waals surface area contributed by atoms with E-state index in [4.69, 9.17) is 4.52 Å². The van der Waals surface area contributed by atoms with E-state index in [2.05, 4.69) is 20.6 Å². The average Bonchev–Trinajstić information content (AvgIpc) is 3.23. The smallest absolute Gasteiger partial charge is 0.390 e. The molecule has 4 aliphatic carbocycles. The van der Waals surface area contributed by atoms with Gasteiger partial charge in [0.25, 0.3) is 0 Å². The number of nitrogens with zero attached hydrogens (tertiary/aromatic N) is 5. The summed E-state index contributed by atoms with van der Waals surface area (Å²) in [5.41, 5.74) is -0.875. The van der Waals surface area contributed by atoms with E-state index in [-0.39, 0.29) is 17.4 Å². The van der Waals surface area contributed by atoms with Gasteiger partial charge in [0.15, 0.2) is 5.82 Å². The monoisotopic (exact) mass is 372 g/mol. The van der Waals surface area contributed by atoms with Gasteiger partial charge in [0.05, 0.1) is 11.0 Å². The Hall–Kier alpha value is -2.78. The molecule has 6 rings (SSSR count). The van der Waals surface area contributed by atoms with Crippen molar-refractivity contribution in [3.8, 4) is 0 Å². The SMILES string of the molecule is Cc1cc(NC(=O)C23C[C@H]4C[C@H](C2)CC(n2cnc([N+](=O)[O-])n2)(C4)C3)no1. The second kappa shape index (κ2) is 5.37. The van der Waals surface area contributed by atoms with Crippen LogP contribution in [0.5, 0.6) is 0 Å². The zero-order chi connectivity index (χ0) is 18.8. The number of carbonyl (C=O) groups is 1. The van der Waals surface area contributed by atoms with Crippen molar-refractivity contribution in [2.24, 2.45) is 17.3 Å². The van der Waals surface area contributed by atoms with Gasteiger partial charge in [-0.2, -0.15) is 4.68 Å². The van der Waals surface area contributed by atoms with Gasteiger partial charge < -0.3 is 20.0 Å². The number of nitrogens with one attached hydrogen (secondary N) is 1. The Morgan fingerprint density at radius 1 is 1.37 bits per heavy atom. The van der Waals surface area contributed by atoms with E-state index in [1.165, 1.54) is 6.33 Å². The van der Waals surface area contributed by atoms with Crippen LogP contribution in [0.1, 0.15) is 44.3 Å². The van der Waals surface area contributed by atoms with Crippen molar-refractivity contribution in [2.75, 3.05) is 5.32 Å². The maximum Gasteiger partial charge on any atom is 0.490 e. The molecule has 0 unspecified atom stereocenters. The molecule has 0 aliphatic heterocycles. The Labute approximate surface area is 154 Å². The quantitative estimate of drug-likeness (QED) is 0.644. The molecule has 1 amide bonds. The van der Waals surface area contributed by atoms with Gasteiger partial charge >= 0.3 is 5.95 Å². The van der Waals surface area contributed by atoms with Gasteiger partial charge in [0.2, 0.25) is 12.2 Å². The third-order valence-corrected chi connectivity index (χ3v) is 6.51. The van der Waals surface area contributed by atoms with Crippen molar-refractivity contribution in [2.45, 2.75) is 51.0 Å². The standard InChI is InChI=1S/C17H20N6O4/c1-10-2-13(21-27-10)19-14(24)16-4-11-3-12(5-16)7-17(6-11,8-16)22-9-18-15(20-22)23(25)26/h2,9,11-12H,3-8H2,1H3,(H,19,21,24)/t11-,12-,16?,17?/m1/s1. The van der Waals surface area contributed by atoms with E-state index in [1.54, 1.807) is 17.7 Å². The van der Waals surface area contributed by atoms with E-state index in [9.17, 15) is 14.9 Å². The fourth-order valence-corrected chi connectivity index (χ4v) is 5.99. The van der Waals surface area contributed by atoms with Crippen LogP contribution in [0.25, 0.3) is 0 Å². The lowest BCUT2D eigenvalue weighted by atomic mass is 9.46. The first kappa shape index (κ1) is 16.4. The van der Waals surface area contributed by atoms with Gasteiger partial charge in [0, 0.05) is 11.2 Å². The largest absolute Gasteiger partial charge is 0.490 e. The molecule has 142 valence electrons. The highest BCUT2D eigenvalue weighted by molar-refractivity contribution is 5.95. The summed E-state index contributed by atoms with van der Waals surface area (Å²) in [5.74, 6) is 1.48. The average molecular weight is 372 g/mol. The number of carbonyl (C=O) groups excluding carboxylic acids is 1. The summed E-state index contributed by atoms with van der Waals surface area (Å²) in [6.45, 7) is 1.78. The molecule has 0 saturated heterocycles. The molecule has 0 spiro atoms. The maximum absolute atomic E-state index is 13.2. The van der Waals surface area contributed by atoms with E-state index >= 15 is 0 Å². The lowest BCUT2D eigenvalue weighted by Gasteiger charge is -2.60. The topological polar surface area (TPSA) is 129 Å². The van der Waals surface area contributed by atoms with Gasteiger partial charge in [-0.1, -0.05) is 10.1 Å². The van der Waals surface area contributed by atoms with Crippen molar-refractivity contribution in [1.82, 2.24) is 19.9 Å². The fraction of sp³-hybridized carbons (Fsp3) is 0.647. The molecule has 2 aromatic heterocycles. The summed E-state index contributed by atoms with van der Waals surface area (Å²) in [4.78, 5) is 27.5. The van der Waals surface area contributed by atoms with E-state index in [0.29, 0.717) is 29.8 Å². The van der Waals surface area contributed by atoms with Crippen LogP contribution < -0.4 is 5.32 Å². The summed E-state index contributed by atoms with van der Waals surface area (Å²) in [7, 11) is 0. The first-order valence-corrected chi connectivity index (χ1v) is 9.19. The Morgan fingerprint density at radius 3 is 2.70 bits per heavy atom. The molecule has 10 nitrogen and oxygen atoms in total. The minimum absolute atomic E-state index is 0.0381. The normalized spacial score (nSPS) is 34.0. The summed E-state index contributed by atoms with van der Waals surface area (Å²) in [6.07, 6.45) is 6.64. The minimum Gasteiger partial charge on any atom is -0.390 e. The summed E-state index contributed by atoms with van der Waals surface area (Å²) in [5, 5.41) is 21.9. The maximum atomic E-state index is 13.2. The highest BCUT2D eigenvalue weighted by Gasteiger charge is 2.62. The third-order valence-electron chi connectivity index (χ3n) is 6.51. The first-order chi connectivity index (χ1) is 12.9. The van der Waals surface area contributed by atoms with Crippen LogP contribution in [-0.4, -0.2) is 30.8 Å². The lowest BCUT2D eigenvalue weighted by Crippen LogP contribution is -2.60. The predicted molar refractivity (Wildman–Crippen MR) is 91.6 cm³/mol. The van der Waals surface area contributed by atoms with Gasteiger partial charge in [-0.3, -0.25) is 4.79 Å². The van der Waals surface area contributed by atoms with Crippen LogP contribution >= 0.6 is 0 Å². The van der Waals surface area contributed by atoms with Gasteiger partial charge in [-0.25, -0.2) is 0 Å². The van der Waals surface area contributed by atoms with Crippen molar-refractivity contribution in [3.63, 3.8) is 0 Å². The first-order valence-electron chi connectivity index (χ1n) is 9.19. The van der Waals surface area contributed by atoms with Crippen LogP contribution in [-0.2, 0) is 10.3 Å². The minimum atomic E-state index is -0.577. The molecule has 4 bridgehead atoms. The van der Waals surface area contributed by atoms with Crippen molar-refractivity contribution in [1.29, 1.82) is 0 Å². The highest BCUT2D eigenvalue weighted by Crippen LogP contribution is 2.64. The molecular weight excluding hydrogens is 352 g/mol. The molecule has 0 aromatic carbocycles. The summed E-state index contributed by atoms with van der Waals surface area (Å²) in [6, 6.07) is 1.70. The number of rotatable bonds is 4. The Morgan fingerprint density at radius 2 is 2.11 bits per heavy atom. The second-order valence-electron chi connectivity index (χ2n) is 8.49. The number of hydrogen-bond acceptors (Lipinski definition) is 7. The Kier molecular flexibility index (Phi) is 3.26. The predicted octanol–water partition coefficient (Wildman–Crippen LogP) is 2.42. The molecule has 2 atom stereocenters. The molecule has 4 fully saturated rings. The summed E-state index contributed by atoms with van der Waals surface area (Å²) >= 11 is 0. The Bertz CT molecular complexity index is 920. The molecule has 10 heteroatoms. The number of aromatic nitrogens is 4. The zero-order valence-electron chi connectivity index (χ0n) is 14.9. The van der Waals surface area contributed by atoms with Gasteiger partial charge in [-0.05, 0) is 62.2 Å². The molecular formula is C17H20N6O4. The lowest BCUT2D eigenvalue weighted by molar-refractivity contribution is -0.394. The van der Waals surface area contributed by atoms with Crippen LogP contribution in [0.4, 0.5) is 11.8 Å². The number of amides is 1. The molecule has 1 N–H and O–H groups in total. The van der Waals surface area contributed by atoms with Crippen molar-refractivity contribution < 1.29 is 14.2 Å². The molecule has 4 saturated carbocycles. The zero-order valence-corrected chi connectivity index (χ0v) is 14.9. The van der Waals surface area contributed by atoms with Gasteiger partial charge in [0.1, 0.15) is 5.76 Å². The van der Waals surface area contributed by atoms with Crippen molar-refractivity contribution >= 4 is 17.7 Å². The van der Waals surface area contributed by atoms with Crippen molar-refractivity contribution in [3.05, 3.63) is 28.3 Å². The number of nitro groups is 1. The van der Waals surface area contributed by atoms with Crippen LogP contribution in [0.15, 0.2) is 16.9 Å². The van der Waals surface area contributed by atoms with E-state index in [0.717, 1.165) is 32.1 Å². The molecule has 27 heavy (non-hydrogen) atoms. The number of aryl methyl sites for hydroxylation is 1. The van der Waals surface area contributed by atoms with Crippen LogP contribution in [0.3, 0.4) is 0 Å². The number of hydrogen-bond donors (Lipinski definition) is 1. The third kappa shape index (κ3) is 2.46. The highest BCUT2D eigenvalue weighted by atomic mass is 16.6. The molecule has 2 heterocycles. The molecule has 4 aliphatic rings. The molecule has 2 aromatic rings. The fourth-order valence-electron chi connectivity index (χ4n) is 5.99. The van der Waals surface area contributed by atoms with Crippen LogP contribution in [0.2, 0.25) is 0 Å². The van der Waals surface area contributed by atoms with E-state index < -0.39 is 10.3 Å². The van der Waals surface area contributed by atoms with Crippen LogP contribution in [0, 0.1) is 34.3 Å². The summed E-state index contributed by atoms with van der Waals surface area (Å²) < 4.78 is 6.71. The Balaban J connectivity index is 1.47. The van der Waals surface area contributed by atoms with Gasteiger partial charge in [-0.15, -0.1) is 0 Å². The molecule has 0 radical (unpaired) electrons. The second-order valence-corrected chi connectivity index (χ2v) is 8.49.